The SMILES string of the molecule is O=P([O-])([O-])[O-].Oc1cccc2cccnc12.[Al+3]. The monoisotopic (exact) mass is 267 g/mol. The van der Waals surface area contributed by atoms with Crippen LogP contribution in [-0.2, 0) is 4.57 Å². The molecule has 0 saturated heterocycles. The molecule has 0 amide bonds. The normalized spacial score (nSPS) is 10.1. The van der Waals surface area contributed by atoms with Crippen molar-refractivity contribution in [3.05, 3.63) is 36.5 Å². The molecule has 8 heteroatoms. The molecule has 2 rings (SSSR count). The first-order valence-electron chi connectivity index (χ1n) is 4.14. The third-order valence-electron chi connectivity index (χ3n) is 1.61. The number of rotatable bonds is 0. The van der Waals surface area contributed by atoms with Gasteiger partial charge in [-0.1, -0.05) is 18.2 Å². The quantitative estimate of drug-likeness (QED) is 0.469. The molecule has 0 aliphatic rings. The molecule has 0 aliphatic carbocycles. The van der Waals surface area contributed by atoms with Crippen LogP contribution in [0.5, 0.6) is 5.75 Å². The number of fused-ring (bicyclic) bond motifs is 1. The van der Waals surface area contributed by atoms with Gasteiger partial charge in [-0.2, -0.15) is 7.82 Å². The van der Waals surface area contributed by atoms with Gasteiger partial charge in [0.05, 0.1) is 0 Å². The van der Waals surface area contributed by atoms with Crippen LogP contribution < -0.4 is 14.7 Å². The van der Waals surface area contributed by atoms with Gasteiger partial charge in [0.15, 0.2) is 0 Å². The first-order chi connectivity index (χ1) is 7.38. The molecule has 1 heterocycles. The number of aromatic nitrogens is 1. The number of phosphoric acid groups is 1. The second-order valence-electron chi connectivity index (χ2n) is 2.80. The van der Waals surface area contributed by atoms with Gasteiger partial charge in [-0.25, -0.2) is 0 Å². The van der Waals surface area contributed by atoms with Crippen LogP contribution in [0.4, 0.5) is 0 Å². The van der Waals surface area contributed by atoms with Gasteiger partial charge < -0.3 is 24.4 Å². The van der Waals surface area contributed by atoms with Crippen LogP contribution in [0.15, 0.2) is 36.5 Å². The molecule has 0 radical (unpaired) electrons. The minimum Gasteiger partial charge on any atom is -0.822 e. The zero-order chi connectivity index (χ0) is 12.2. The molecule has 86 valence electrons. The van der Waals surface area contributed by atoms with Crippen molar-refractivity contribution < 1.29 is 24.4 Å². The van der Waals surface area contributed by atoms with Gasteiger partial charge in [0.25, 0.3) is 0 Å². The van der Waals surface area contributed by atoms with Crippen LogP contribution in [-0.4, -0.2) is 27.5 Å². The largest absolute Gasteiger partial charge is 3.00 e. The Bertz CT molecular complexity index is 516. The van der Waals surface area contributed by atoms with E-state index in [9.17, 15) is 5.11 Å². The van der Waals surface area contributed by atoms with E-state index in [0.717, 1.165) is 5.39 Å². The average molecular weight is 267 g/mol. The first-order valence-corrected chi connectivity index (χ1v) is 5.60. The van der Waals surface area contributed by atoms with Crippen LogP contribution in [0.2, 0.25) is 0 Å². The summed E-state index contributed by atoms with van der Waals surface area (Å²) in [4.78, 5) is 29.7. The van der Waals surface area contributed by atoms with Gasteiger partial charge >= 0.3 is 17.4 Å². The fourth-order valence-electron chi connectivity index (χ4n) is 1.09. The van der Waals surface area contributed by atoms with Gasteiger partial charge in [-0.15, -0.1) is 0 Å². The predicted molar refractivity (Wildman–Crippen MR) is 56.8 cm³/mol. The van der Waals surface area contributed by atoms with Crippen molar-refractivity contribution >= 4 is 36.1 Å². The minimum absolute atomic E-state index is 0. The number of phenols is 1. The van der Waals surface area contributed by atoms with Crippen molar-refractivity contribution in [1.82, 2.24) is 4.98 Å². The summed E-state index contributed by atoms with van der Waals surface area (Å²) < 4.78 is 8.55. The fourth-order valence-corrected chi connectivity index (χ4v) is 1.09. The number of benzene rings is 1. The van der Waals surface area contributed by atoms with Crippen molar-refractivity contribution in [1.29, 1.82) is 0 Å². The van der Waals surface area contributed by atoms with Gasteiger partial charge in [0.1, 0.15) is 11.3 Å². The molecule has 6 nitrogen and oxygen atoms in total. The van der Waals surface area contributed by atoms with Crippen molar-refractivity contribution in [2.24, 2.45) is 0 Å². The molecule has 17 heavy (non-hydrogen) atoms. The number of pyridine rings is 1. The zero-order valence-corrected chi connectivity index (χ0v) is 10.6. The van der Waals surface area contributed by atoms with Gasteiger partial charge in [0.2, 0.25) is 0 Å². The van der Waals surface area contributed by atoms with Crippen molar-refractivity contribution in [3.8, 4) is 5.75 Å². The molecule has 0 fully saturated rings. The van der Waals surface area contributed by atoms with E-state index in [1.165, 1.54) is 0 Å². The van der Waals surface area contributed by atoms with Gasteiger partial charge in [-0.05, 0) is 12.1 Å². The number of nitrogens with zero attached hydrogens (tertiary/aromatic N) is 1. The summed E-state index contributed by atoms with van der Waals surface area (Å²) in [6.45, 7) is 0. The Morgan fingerprint density at radius 2 is 1.65 bits per heavy atom. The third kappa shape index (κ3) is 6.39. The molecule has 2 aromatic rings. The van der Waals surface area contributed by atoms with Crippen LogP contribution >= 0.6 is 7.82 Å². The van der Waals surface area contributed by atoms with E-state index in [2.05, 4.69) is 4.98 Å². The minimum atomic E-state index is -5.39. The topological polar surface area (TPSA) is 119 Å². The smallest absolute Gasteiger partial charge is 0.822 e. The number of aromatic hydroxyl groups is 1. The Morgan fingerprint density at radius 3 is 2.18 bits per heavy atom. The Morgan fingerprint density at radius 1 is 1.12 bits per heavy atom. The molecular formula is C9H7AlNO5P. The number of hydrogen-bond donors (Lipinski definition) is 1. The summed E-state index contributed by atoms with van der Waals surface area (Å²) >= 11 is 0. The number of para-hydroxylation sites is 1. The summed E-state index contributed by atoms with van der Waals surface area (Å²) in [5.74, 6) is 0.239. The van der Waals surface area contributed by atoms with E-state index in [-0.39, 0.29) is 23.1 Å². The van der Waals surface area contributed by atoms with E-state index < -0.39 is 7.82 Å². The van der Waals surface area contributed by atoms with Crippen LogP contribution in [0.1, 0.15) is 0 Å². The number of phenolic OH excluding ortho intramolecular Hbond substituents is 1. The molecule has 0 bridgehead atoms. The first kappa shape index (κ1) is 16.1. The summed E-state index contributed by atoms with van der Waals surface area (Å²) in [5.41, 5.74) is 0.662. The maximum atomic E-state index is 9.31. The Hall–Kier alpha value is -0.928. The summed E-state index contributed by atoms with van der Waals surface area (Å²) in [5, 5.41) is 10.3. The molecule has 1 N–H and O–H groups in total. The molecule has 0 aliphatic heterocycles. The van der Waals surface area contributed by atoms with Gasteiger partial charge in [0, 0.05) is 11.6 Å². The van der Waals surface area contributed by atoms with Crippen molar-refractivity contribution in [3.63, 3.8) is 0 Å². The van der Waals surface area contributed by atoms with Crippen LogP contribution in [0.3, 0.4) is 0 Å². The second-order valence-corrected chi connectivity index (χ2v) is 3.69. The summed E-state index contributed by atoms with van der Waals surface area (Å²) in [7, 11) is -5.39. The fraction of sp³-hybridized carbons (Fsp3) is 0. The maximum absolute atomic E-state index is 9.31. The molecule has 1 aromatic heterocycles. The Kier molecular flexibility index (Phi) is 6.36. The van der Waals surface area contributed by atoms with E-state index >= 15 is 0 Å². The second kappa shape index (κ2) is 6.72. The van der Waals surface area contributed by atoms with Gasteiger partial charge in [-0.3, -0.25) is 4.98 Å². The summed E-state index contributed by atoms with van der Waals surface area (Å²) in [6.07, 6.45) is 1.67. The average Bonchev–Trinajstić information content (AvgIpc) is 2.16. The van der Waals surface area contributed by atoms with E-state index in [1.807, 2.05) is 18.2 Å². The molecule has 0 atom stereocenters. The molecule has 1 aromatic carbocycles. The van der Waals surface area contributed by atoms with E-state index in [1.54, 1.807) is 18.3 Å². The molecular weight excluding hydrogens is 260 g/mol. The van der Waals surface area contributed by atoms with Crippen molar-refractivity contribution in [2.45, 2.75) is 0 Å². The Labute approximate surface area is 108 Å². The third-order valence-corrected chi connectivity index (χ3v) is 1.61. The number of hydrogen-bond acceptors (Lipinski definition) is 6. The molecule has 0 saturated carbocycles. The maximum Gasteiger partial charge on any atom is 3.00 e. The standard InChI is InChI=1S/C9H7NO.Al.H3O4P/c11-8-5-1-3-7-4-2-6-10-9(7)8;;1-5(2,3)4/h1-6,11H;;(H3,1,2,3,4)/q;+3;/p-3. The summed E-state index contributed by atoms with van der Waals surface area (Å²) in [6, 6.07) is 9.13. The predicted octanol–water partition coefficient (Wildman–Crippen LogP) is -1.27. The molecule has 0 spiro atoms. The van der Waals surface area contributed by atoms with Crippen LogP contribution in [0, 0.1) is 0 Å². The zero-order valence-electron chi connectivity index (χ0n) is 8.52. The van der Waals surface area contributed by atoms with E-state index in [4.69, 9.17) is 19.2 Å². The Balaban J connectivity index is 0.000000373. The van der Waals surface area contributed by atoms with E-state index in [0.29, 0.717) is 5.52 Å². The molecule has 0 unspecified atom stereocenters. The van der Waals surface area contributed by atoms with Crippen LogP contribution in [0.25, 0.3) is 10.9 Å². The van der Waals surface area contributed by atoms with Crippen molar-refractivity contribution in [2.75, 3.05) is 0 Å².